The summed E-state index contributed by atoms with van der Waals surface area (Å²) in [5.41, 5.74) is 1.43. The van der Waals surface area contributed by atoms with Gasteiger partial charge in [0.25, 0.3) is 5.91 Å². The highest BCUT2D eigenvalue weighted by molar-refractivity contribution is 6.31. The summed E-state index contributed by atoms with van der Waals surface area (Å²) in [7, 11) is 0. The van der Waals surface area contributed by atoms with Gasteiger partial charge in [-0.1, -0.05) is 11.6 Å². The molecule has 1 amide bonds. The first kappa shape index (κ1) is 16.6. The van der Waals surface area contributed by atoms with Gasteiger partial charge in [-0.3, -0.25) is 4.79 Å². The summed E-state index contributed by atoms with van der Waals surface area (Å²) >= 11 is 5.74. The Morgan fingerprint density at radius 3 is 2.67 bits per heavy atom. The van der Waals surface area contributed by atoms with Gasteiger partial charge >= 0.3 is 0 Å². The van der Waals surface area contributed by atoms with Crippen LogP contribution in [0.15, 0.2) is 24.3 Å². The maximum Gasteiger partial charge on any atom is 0.274 e. The van der Waals surface area contributed by atoms with Crippen molar-refractivity contribution < 1.29 is 9.18 Å². The number of piperidine rings is 1. The Morgan fingerprint density at radius 1 is 1.21 bits per heavy atom. The number of aromatic nitrogens is 2. The van der Waals surface area contributed by atoms with E-state index in [1.807, 2.05) is 6.92 Å². The van der Waals surface area contributed by atoms with Crippen molar-refractivity contribution in [1.82, 2.24) is 9.97 Å². The third kappa shape index (κ3) is 3.82. The topological polar surface area (TPSA) is 58.1 Å². The van der Waals surface area contributed by atoms with E-state index in [4.69, 9.17) is 11.6 Å². The maximum atomic E-state index is 13.2. The van der Waals surface area contributed by atoms with Crippen molar-refractivity contribution in [3.8, 4) is 0 Å². The van der Waals surface area contributed by atoms with Crippen molar-refractivity contribution >= 4 is 29.1 Å². The second-order valence-corrected chi connectivity index (χ2v) is 6.23. The molecule has 1 N–H and O–H groups in total. The monoisotopic (exact) mass is 348 g/mol. The molecule has 1 aromatic carbocycles. The number of hydrogen-bond acceptors (Lipinski definition) is 4. The molecule has 5 nitrogen and oxygen atoms in total. The molecule has 1 aromatic heterocycles. The molecule has 2 heterocycles. The molecular formula is C17H18ClFN4O. The van der Waals surface area contributed by atoms with Crippen LogP contribution in [-0.4, -0.2) is 29.0 Å². The van der Waals surface area contributed by atoms with Crippen LogP contribution in [0.2, 0.25) is 5.02 Å². The zero-order chi connectivity index (χ0) is 17.1. The van der Waals surface area contributed by atoms with Crippen LogP contribution in [-0.2, 0) is 0 Å². The maximum absolute atomic E-state index is 13.2. The molecule has 126 valence electrons. The van der Waals surface area contributed by atoms with Crippen LogP contribution in [0.5, 0.6) is 0 Å². The van der Waals surface area contributed by atoms with Gasteiger partial charge in [-0.05, 0) is 50.5 Å². The summed E-state index contributed by atoms with van der Waals surface area (Å²) in [4.78, 5) is 23.4. The van der Waals surface area contributed by atoms with Gasteiger partial charge in [-0.15, -0.1) is 0 Å². The number of anilines is 2. The Labute approximate surface area is 144 Å². The fourth-order valence-corrected chi connectivity index (χ4v) is 2.85. The Kier molecular flexibility index (Phi) is 4.94. The lowest BCUT2D eigenvalue weighted by Crippen LogP contribution is -2.31. The third-order valence-corrected chi connectivity index (χ3v) is 4.18. The number of hydrogen-bond donors (Lipinski definition) is 1. The Bertz CT molecular complexity index is 762. The second kappa shape index (κ2) is 7.13. The molecule has 0 atom stereocenters. The number of rotatable bonds is 3. The summed E-state index contributed by atoms with van der Waals surface area (Å²) in [5, 5.41) is 2.64. The van der Waals surface area contributed by atoms with Gasteiger partial charge in [0.05, 0.1) is 5.02 Å². The molecule has 3 rings (SSSR count). The number of carbonyl (C=O) groups is 1. The summed E-state index contributed by atoms with van der Waals surface area (Å²) in [6, 6.07) is 5.67. The van der Waals surface area contributed by atoms with Crippen LogP contribution in [0.3, 0.4) is 0 Å². The van der Waals surface area contributed by atoms with Crippen molar-refractivity contribution in [1.29, 1.82) is 0 Å². The lowest BCUT2D eigenvalue weighted by molar-refractivity contribution is 0.102. The fraction of sp³-hybridized carbons (Fsp3) is 0.353. The van der Waals surface area contributed by atoms with Crippen molar-refractivity contribution in [3.05, 3.63) is 46.5 Å². The number of nitrogens with one attached hydrogen (secondary N) is 1. The third-order valence-electron chi connectivity index (χ3n) is 3.89. The highest BCUT2D eigenvalue weighted by atomic mass is 35.5. The number of halogens is 2. The Balaban J connectivity index is 1.81. The lowest BCUT2D eigenvalue weighted by atomic mass is 10.1. The molecule has 2 aromatic rings. The lowest BCUT2D eigenvalue weighted by Gasteiger charge is -2.27. The van der Waals surface area contributed by atoms with E-state index in [1.165, 1.54) is 24.6 Å². The minimum absolute atomic E-state index is 0.0410. The molecule has 0 saturated carbocycles. The molecule has 1 saturated heterocycles. The molecule has 0 aliphatic carbocycles. The first-order valence-corrected chi connectivity index (χ1v) is 8.28. The number of amides is 1. The Morgan fingerprint density at radius 2 is 1.96 bits per heavy atom. The molecule has 0 bridgehead atoms. The zero-order valence-corrected chi connectivity index (χ0v) is 14.1. The number of nitrogens with zero attached hydrogens (tertiary/aromatic N) is 3. The van der Waals surface area contributed by atoms with Gasteiger partial charge in [0, 0.05) is 24.5 Å². The molecule has 1 aliphatic rings. The predicted molar refractivity (Wildman–Crippen MR) is 92.2 cm³/mol. The van der Waals surface area contributed by atoms with Crippen molar-refractivity contribution in [2.75, 3.05) is 23.3 Å². The van der Waals surface area contributed by atoms with Crippen LogP contribution in [0.25, 0.3) is 0 Å². The molecule has 7 heteroatoms. The van der Waals surface area contributed by atoms with E-state index in [2.05, 4.69) is 20.2 Å². The van der Waals surface area contributed by atoms with Gasteiger partial charge in [0.2, 0.25) is 5.95 Å². The van der Waals surface area contributed by atoms with E-state index >= 15 is 0 Å². The van der Waals surface area contributed by atoms with E-state index in [9.17, 15) is 9.18 Å². The van der Waals surface area contributed by atoms with Gasteiger partial charge in [0.1, 0.15) is 11.5 Å². The summed E-state index contributed by atoms with van der Waals surface area (Å²) in [5.74, 6) is -0.321. The Hall–Kier alpha value is -2.21. The van der Waals surface area contributed by atoms with E-state index in [0.717, 1.165) is 31.6 Å². The quantitative estimate of drug-likeness (QED) is 0.916. The minimum atomic E-state index is -0.528. The smallest absolute Gasteiger partial charge is 0.274 e. The fourth-order valence-electron chi connectivity index (χ4n) is 2.67. The number of aryl methyl sites for hydroxylation is 1. The SMILES string of the molecule is Cc1cc(C(=O)Nc2ccc(F)c(Cl)c2)nc(N2CCCCC2)n1. The van der Waals surface area contributed by atoms with Gasteiger partial charge in [-0.25, -0.2) is 14.4 Å². The van der Waals surface area contributed by atoms with Crippen LogP contribution >= 0.6 is 11.6 Å². The molecule has 0 radical (unpaired) electrons. The van der Waals surface area contributed by atoms with Crippen LogP contribution < -0.4 is 10.2 Å². The summed E-state index contributed by atoms with van der Waals surface area (Å²) in [6.45, 7) is 3.64. The van der Waals surface area contributed by atoms with Crippen LogP contribution in [0.4, 0.5) is 16.0 Å². The minimum Gasteiger partial charge on any atom is -0.341 e. The van der Waals surface area contributed by atoms with Crippen molar-refractivity contribution in [2.45, 2.75) is 26.2 Å². The van der Waals surface area contributed by atoms with Gasteiger partial charge in [-0.2, -0.15) is 0 Å². The average molecular weight is 349 g/mol. The van der Waals surface area contributed by atoms with Gasteiger partial charge in [0.15, 0.2) is 0 Å². The molecule has 0 unspecified atom stereocenters. The van der Waals surface area contributed by atoms with Gasteiger partial charge < -0.3 is 10.2 Å². The van der Waals surface area contributed by atoms with Crippen molar-refractivity contribution in [3.63, 3.8) is 0 Å². The van der Waals surface area contributed by atoms with E-state index < -0.39 is 5.82 Å². The van der Waals surface area contributed by atoms with Crippen LogP contribution in [0.1, 0.15) is 35.4 Å². The average Bonchev–Trinajstić information content (AvgIpc) is 2.58. The molecule has 24 heavy (non-hydrogen) atoms. The first-order chi connectivity index (χ1) is 11.5. The number of benzene rings is 1. The summed E-state index contributed by atoms with van der Waals surface area (Å²) in [6.07, 6.45) is 3.42. The van der Waals surface area contributed by atoms with E-state index in [0.29, 0.717) is 11.6 Å². The van der Waals surface area contributed by atoms with E-state index in [-0.39, 0.29) is 16.6 Å². The number of carbonyl (C=O) groups excluding carboxylic acids is 1. The second-order valence-electron chi connectivity index (χ2n) is 5.83. The molecule has 1 fully saturated rings. The van der Waals surface area contributed by atoms with Crippen molar-refractivity contribution in [2.24, 2.45) is 0 Å². The van der Waals surface area contributed by atoms with E-state index in [1.54, 1.807) is 6.07 Å². The first-order valence-electron chi connectivity index (χ1n) is 7.90. The molecular weight excluding hydrogens is 331 g/mol. The predicted octanol–water partition coefficient (Wildman–Crippen LogP) is 3.82. The summed E-state index contributed by atoms with van der Waals surface area (Å²) < 4.78 is 13.2. The standard InChI is InChI=1S/C17H18ClFN4O/c1-11-9-15(22-17(20-11)23-7-3-2-4-8-23)16(24)21-12-5-6-14(19)13(18)10-12/h5-6,9-10H,2-4,7-8H2,1H3,(H,21,24). The van der Waals surface area contributed by atoms with Crippen LogP contribution in [0, 0.1) is 12.7 Å². The zero-order valence-electron chi connectivity index (χ0n) is 13.4. The highest BCUT2D eigenvalue weighted by Gasteiger charge is 2.17. The normalized spacial score (nSPS) is 14.5. The largest absolute Gasteiger partial charge is 0.341 e. The molecule has 0 spiro atoms. The highest BCUT2D eigenvalue weighted by Crippen LogP contribution is 2.21. The molecule has 1 aliphatic heterocycles.